The number of anilines is 1. The minimum absolute atomic E-state index is 0.0137. The van der Waals surface area contributed by atoms with Gasteiger partial charge in [0, 0.05) is 0 Å². The molecule has 1 aliphatic rings. The summed E-state index contributed by atoms with van der Waals surface area (Å²) >= 11 is 0. The maximum absolute atomic E-state index is 11.9. The Morgan fingerprint density at radius 3 is 2.65 bits per heavy atom. The van der Waals surface area contributed by atoms with Crippen molar-refractivity contribution in [3.05, 3.63) is 24.3 Å². The quantitative estimate of drug-likeness (QED) is 0.798. The predicted molar refractivity (Wildman–Crippen MR) is 78.4 cm³/mol. The maximum atomic E-state index is 11.9. The Hall–Kier alpha value is -1.40. The van der Waals surface area contributed by atoms with Gasteiger partial charge in [-0.15, -0.1) is 0 Å². The molecule has 0 aromatic heterocycles. The number of hydrogen-bond donors (Lipinski definition) is 2. The Bertz CT molecular complexity index is 580. The van der Waals surface area contributed by atoms with E-state index in [0.29, 0.717) is 11.6 Å². The summed E-state index contributed by atoms with van der Waals surface area (Å²) in [5.74, 6) is 0.500. The molecule has 0 unspecified atom stereocenters. The molecule has 1 amide bonds. The summed E-state index contributed by atoms with van der Waals surface area (Å²) in [7, 11) is -3.33. The molecule has 2 rings (SSSR count). The summed E-state index contributed by atoms with van der Waals surface area (Å²) in [5.41, 5.74) is 0.354. The van der Waals surface area contributed by atoms with Gasteiger partial charge in [-0.25, -0.2) is 8.42 Å². The van der Waals surface area contributed by atoms with Crippen molar-refractivity contribution in [2.75, 3.05) is 24.2 Å². The first-order valence-corrected chi connectivity index (χ1v) is 8.50. The van der Waals surface area contributed by atoms with Gasteiger partial charge in [-0.05, 0) is 37.4 Å². The molecule has 0 heterocycles. The largest absolute Gasteiger partial charge is 0.324 e. The zero-order valence-corrected chi connectivity index (χ0v) is 12.4. The molecule has 2 N–H and O–H groups in total. The lowest BCUT2D eigenvalue weighted by Crippen LogP contribution is -2.29. The molecule has 20 heavy (non-hydrogen) atoms. The second-order valence-electron chi connectivity index (χ2n) is 5.02. The molecule has 1 saturated carbocycles. The van der Waals surface area contributed by atoms with Crippen LogP contribution < -0.4 is 10.6 Å². The first-order chi connectivity index (χ1) is 9.53. The van der Waals surface area contributed by atoms with Crippen LogP contribution in [0, 0.1) is 5.92 Å². The summed E-state index contributed by atoms with van der Waals surface area (Å²) in [6, 6.07) is 6.50. The maximum Gasteiger partial charge on any atom is 0.238 e. The van der Waals surface area contributed by atoms with Crippen molar-refractivity contribution in [2.24, 2.45) is 5.92 Å². The third kappa shape index (κ3) is 4.05. The van der Waals surface area contributed by atoms with Gasteiger partial charge >= 0.3 is 0 Å². The average molecular weight is 296 g/mol. The molecule has 0 atom stereocenters. The van der Waals surface area contributed by atoms with Gasteiger partial charge in [-0.2, -0.15) is 0 Å². The van der Waals surface area contributed by atoms with E-state index in [1.165, 1.54) is 18.9 Å². The number of amides is 1. The van der Waals surface area contributed by atoms with Gasteiger partial charge < -0.3 is 10.6 Å². The lowest BCUT2D eigenvalue weighted by molar-refractivity contribution is -0.115. The molecule has 110 valence electrons. The monoisotopic (exact) mass is 296 g/mol. The van der Waals surface area contributed by atoms with Crippen LogP contribution in [0.1, 0.15) is 19.8 Å². The molecule has 5 nitrogen and oxygen atoms in total. The first kappa shape index (κ1) is 15.0. The van der Waals surface area contributed by atoms with Crippen LogP contribution in [0.4, 0.5) is 5.69 Å². The Morgan fingerprint density at radius 2 is 2.00 bits per heavy atom. The number of benzene rings is 1. The van der Waals surface area contributed by atoms with Gasteiger partial charge in [-0.1, -0.05) is 19.1 Å². The molecule has 0 aliphatic heterocycles. The first-order valence-electron chi connectivity index (χ1n) is 6.85. The van der Waals surface area contributed by atoms with Crippen molar-refractivity contribution >= 4 is 21.4 Å². The highest BCUT2D eigenvalue weighted by atomic mass is 32.2. The third-order valence-corrected chi connectivity index (χ3v) is 5.08. The summed E-state index contributed by atoms with van der Waals surface area (Å²) in [6.07, 6.45) is 2.46. The molecule has 1 aromatic rings. The molecule has 1 aliphatic carbocycles. The average Bonchev–Trinajstić information content (AvgIpc) is 3.23. The van der Waals surface area contributed by atoms with Crippen LogP contribution in [0.3, 0.4) is 0 Å². The number of carbonyl (C=O) groups is 1. The van der Waals surface area contributed by atoms with Gasteiger partial charge in [0.1, 0.15) is 0 Å². The van der Waals surface area contributed by atoms with Crippen LogP contribution in [-0.4, -0.2) is 33.2 Å². The van der Waals surface area contributed by atoms with E-state index in [-0.39, 0.29) is 23.1 Å². The molecule has 1 aromatic carbocycles. The summed E-state index contributed by atoms with van der Waals surface area (Å²) in [5, 5.41) is 5.74. The summed E-state index contributed by atoms with van der Waals surface area (Å²) in [6.45, 7) is 2.64. The van der Waals surface area contributed by atoms with Crippen LogP contribution in [0.2, 0.25) is 0 Å². The fraction of sp³-hybridized carbons (Fsp3) is 0.500. The minimum Gasteiger partial charge on any atom is -0.324 e. The van der Waals surface area contributed by atoms with E-state index >= 15 is 0 Å². The van der Waals surface area contributed by atoms with Crippen LogP contribution in [0.15, 0.2) is 29.2 Å². The molecule has 0 bridgehead atoms. The highest BCUT2D eigenvalue weighted by Gasteiger charge is 2.21. The van der Waals surface area contributed by atoms with Gasteiger partial charge in [0.05, 0.1) is 22.9 Å². The van der Waals surface area contributed by atoms with E-state index in [9.17, 15) is 13.2 Å². The second-order valence-corrected chi connectivity index (χ2v) is 7.27. The Balaban J connectivity index is 1.99. The third-order valence-electron chi connectivity index (χ3n) is 3.29. The number of sulfone groups is 1. The van der Waals surface area contributed by atoms with E-state index in [0.717, 1.165) is 6.54 Å². The van der Waals surface area contributed by atoms with Gasteiger partial charge in [0.2, 0.25) is 5.91 Å². The Kier molecular flexibility index (Phi) is 4.77. The molecule has 6 heteroatoms. The number of para-hydroxylation sites is 1. The van der Waals surface area contributed by atoms with Crippen molar-refractivity contribution in [3.63, 3.8) is 0 Å². The topological polar surface area (TPSA) is 75.3 Å². The SMILES string of the molecule is CCS(=O)(=O)c1ccccc1NC(=O)CNCC1CC1. The molecular weight excluding hydrogens is 276 g/mol. The van der Waals surface area contributed by atoms with Crippen LogP contribution in [0.5, 0.6) is 0 Å². The summed E-state index contributed by atoms with van der Waals surface area (Å²) < 4.78 is 23.9. The number of hydrogen-bond acceptors (Lipinski definition) is 4. The van der Waals surface area contributed by atoms with Crippen molar-refractivity contribution in [3.8, 4) is 0 Å². The predicted octanol–water partition coefficient (Wildman–Crippen LogP) is 1.42. The standard InChI is InChI=1S/C14H20N2O3S/c1-2-20(18,19)13-6-4-3-5-12(13)16-14(17)10-15-9-11-7-8-11/h3-6,11,15H,2,7-10H2,1H3,(H,16,17). The smallest absolute Gasteiger partial charge is 0.238 e. The number of nitrogens with one attached hydrogen (secondary N) is 2. The van der Waals surface area contributed by atoms with Crippen molar-refractivity contribution < 1.29 is 13.2 Å². The minimum atomic E-state index is -3.33. The van der Waals surface area contributed by atoms with Crippen molar-refractivity contribution in [2.45, 2.75) is 24.7 Å². The van der Waals surface area contributed by atoms with Crippen LogP contribution >= 0.6 is 0 Å². The van der Waals surface area contributed by atoms with Crippen LogP contribution in [0.25, 0.3) is 0 Å². The van der Waals surface area contributed by atoms with E-state index in [1.807, 2.05) is 0 Å². The molecule has 0 radical (unpaired) electrons. The van der Waals surface area contributed by atoms with Gasteiger partial charge in [0.25, 0.3) is 0 Å². The molecule has 1 fully saturated rings. The fourth-order valence-corrected chi connectivity index (χ4v) is 2.95. The lowest BCUT2D eigenvalue weighted by atomic mass is 10.3. The van der Waals surface area contributed by atoms with E-state index in [2.05, 4.69) is 10.6 Å². The Labute approximate surface area is 119 Å². The van der Waals surface area contributed by atoms with Crippen molar-refractivity contribution in [1.82, 2.24) is 5.32 Å². The lowest BCUT2D eigenvalue weighted by Gasteiger charge is -2.11. The highest BCUT2D eigenvalue weighted by molar-refractivity contribution is 7.91. The summed E-state index contributed by atoms with van der Waals surface area (Å²) in [4.78, 5) is 12.0. The number of rotatable bonds is 7. The van der Waals surface area contributed by atoms with Gasteiger partial charge in [0.15, 0.2) is 9.84 Å². The molecule has 0 spiro atoms. The second kappa shape index (κ2) is 6.37. The zero-order chi connectivity index (χ0) is 14.6. The highest BCUT2D eigenvalue weighted by Crippen LogP contribution is 2.27. The van der Waals surface area contributed by atoms with E-state index < -0.39 is 9.84 Å². The van der Waals surface area contributed by atoms with E-state index in [4.69, 9.17) is 0 Å². The zero-order valence-electron chi connectivity index (χ0n) is 11.6. The Morgan fingerprint density at radius 1 is 1.30 bits per heavy atom. The number of carbonyl (C=O) groups excluding carboxylic acids is 1. The van der Waals surface area contributed by atoms with Gasteiger partial charge in [-0.3, -0.25) is 4.79 Å². The van der Waals surface area contributed by atoms with Crippen LogP contribution in [-0.2, 0) is 14.6 Å². The molecular formula is C14H20N2O3S. The van der Waals surface area contributed by atoms with E-state index in [1.54, 1.807) is 25.1 Å². The van der Waals surface area contributed by atoms with Crippen molar-refractivity contribution in [1.29, 1.82) is 0 Å². The normalized spacial score (nSPS) is 15.1. The molecule has 0 saturated heterocycles. The fourth-order valence-electron chi connectivity index (χ4n) is 1.90.